The number of nitrogens with one attached hydrogen (secondary N) is 1. The van der Waals surface area contributed by atoms with E-state index in [1.165, 1.54) is 35.7 Å². The average molecular weight is 468 g/mol. The molecule has 3 rings (SSSR count). The van der Waals surface area contributed by atoms with Crippen molar-refractivity contribution in [3.63, 3.8) is 0 Å². The monoisotopic (exact) mass is 467 g/mol. The molecule has 2 aromatic rings. The van der Waals surface area contributed by atoms with E-state index in [-0.39, 0.29) is 23.9 Å². The molecule has 168 valence electrons. The van der Waals surface area contributed by atoms with Gasteiger partial charge in [0.1, 0.15) is 5.75 Å². The minimum atomic E-state index is -3.87. The molecule has 1 fully saturated rings. The summed E-state index contributed by atoms with van der Waals surface area (Å²) in [4.78, 5) is 14.4. The first-order valence-electron chi connectivity index (χ1n) is 9.62. The number of para-hydroxylation sites is 2. The van der Waals surface area contributed by atoms with Gasteiger partial charge in [-0.05, 0) is 42.8 Å². The van der Waals surface area contributed by atoms with Crippen LogP contribution in [0.25, 0.3) is 0 Å². The largest absolute Gasteiger partial charge is 0.495 e. The van der Waals surface area contributed by atoms with E-state index in [0.29, 0.717) is 36.5 Å². The third-order valence-electron chi connectivity index (χ3n) is 4.97. The zero-order valence-electron chi connectivity index (χ0n) is 17.3. The maximum atomic E-state index is 12.8. The van der Waals surface area contributed by atoms with E-state index < -0.39 is 20.0 Å². The van der Waals surface area contributed by atoms with Gasteiger partial charge in [-0.1, -0.05) is 12.1 Å². The fourth-order valence-electron chi connectivity index (χ4n) is 3.32. The smallest absolute Gasteiger partial charge is 0.262 e. The van der Waals surface area contributed by atoms with Crippen molar-refractivity contribution in [3.05, 3.63) is 54.1 Å². The Morgan fingerprint density at radius 3 is 2.26 bits per heavy atom. The maximum Gasteiger partial charge on any atom is 0.262 e. The summed E-state index contributed by atoms with van der Waals surface area (Å²) in [5.41, 5.74) is 0.647. The highest BCUT2D eigenvalue weighted by molar-refractivity contribution is 7.92. The minimum absolute atomic E-state index is 0.00840. The number of carbonyl (C=O) groups excluding carboxylic acids is 1. The van der Waals surface area contributed by atoms with Gasteiger partial charge in [0.25, 0.3) is 15.9 Å². The molecule has 0 saturated carbocycles. The average Bonchev–Trinajstić information content (AvgIpc) is 3.00. The Hall–Kier alpha value is -2.63. The SMILES string of the molecule is COc1ccccc1NS(=O)(=O)c1ccc(C(=O)N2CCCN(S(C)(=O)=O)CC2)cc1. The highest BCUT2D eigenvalue weighted by atomic mass is 32.2. The van der Waals surface area contributed by atoms with Crippen molar-refractivity contribution < 1.29 is 26.4 Å². The van der Waals surface area contributed by atoms with Gasteiger partial charge in [0, 0.05) is 31.7 Å². The number of hydrogen-bond acceptors (Lipinski definition) is 6. The molecule has 1 N–H and O–H groups in total. The summed E-state index contributed by atoms with van der Waals surface area (Å²) in [5, 5.41) is 0. The normalized spacial score (nSPS) is 15.9. The molecule has 1 aliphatic rings. The van der Waals surface area contributed by atoms with Crippen LogP contribution in [0.15, 0.2) is 53.4 Å². The van der Waals surface area contributed by atoms with Crippen LogP contribution in [0.2, 0.25) is 0 Å². The minimum Gasteiger partial charge on any atom is -0.495 e. The third kappa shape index (κ3) is 5.54. The predicted molar refractivity (Wildman–Crippen MR) is 117 cm³/mol. The van der Waals surface area contributed by atoms with Gasteiger partial charge in [-0.25, -0.2) is 21.1 Å². The summed E-state index contributed by atoms with van der Waals surface area (Å²) < 4.78 is 57.9. The predicted octanol–water partition coefficient (Wildman–Crippen LogP) is 1.60. The molecule has 0 aliphatic carbocycles. The van der Waals surface area contributed by atoms with Crippen LogP contribution in [0.4, 0.5) is 5.69 Å². The second-order valence-electron chi connectivity index (χ2n) is 7.14. The summed E-state index contributed by atoms with van der Waals surface area (Å²) >= 11 is 0. The Labute approximate surface area is 182 Å². The second kappa shape index (κ2) is 9.25. The molecule has 0 unspecified atom stereocenters. The molecule has 0 bridgehead atoms. The fourth-order valence-corrected chi connectivity index (χ4v) is 5.26. The van der Waals surface area contributed by atoms with Crippen molar-refractivity contribution in [1.82, 2.24) is 9.21 Å². The molecule has 11 heteroatoms. The van der Waals surface area contributed by atoms with E-state index in [1.807, 2.05) is 0 Å². The van der Waals surface area contributed by atoms with Gasteiger partial charge < -0.3 is 9.64 Å². The van der Waals surface area contributed by atoms with E-state index in [9.17, 15) is 21.6 Å². The van der Waals surface area contributed by atoms with Crippen molar-refractivity contribution in [2.24, 2.45) is 0 Å². The van der Waals surface area contributed by atoms with E-state index in [1.54, 1.807) is 29.2 Å². The number of rotatable bonds is 6. The van der Waals surface area contributed by atoms with Gasteiger partial charge in [-0.2, -0.15) is 0 Å². The number of nitrogens with zero attached hydrogens (tertiary/aromatic N) is 2. The molecule has 0 aromatic heterocycles. The first kappa shape index (κ1) is 23.0. The lowest BCUT2D eigenvalue weighted by molar-refractivity contribution is 0.0764. The Morgan fingerprint density at radius 2 is 1.61 bits per heavy atom. The maximum absolute atomic E-state index is 12.8. The summed E-state index contributed by atoms with van der Waals surface area (Å²) in [6, 6.07) is 12.3. The van der Waals surface area contributed by atoms with Gasteiger partial charge in [0.15, 0.2) is 0 Å². The zero-order chi connectivity index (χ0) is 22.6. The second-order valence-corrected chi connectivity index (χ2v) is 10.8. The number of benzene rings is 2. The molecule has 9 nitrogen and oxygen atoms in total. The topological polar surface area (TPSA) is 113 Å². The number of methoxy groups -OCH3 is 1. The number of anilines is 1. The first-order valence-corrected chi connectivity index (χ1v) is 13.0. The van der Waals surface area contributed by atoms with E-state index in [4.69, 9.17) is 4.74 Å². The van der Waals surface area contributed by atoms with Gasteiger partial charge in [-0.3, -0.25) is 9.52 Å². The van der Waals surface area contributed by atoms with Gasteiger partial charge >= 0.3 is 0 Å². The number of amides is 1. The molecule has 1 saturated heterocycles. The molecule has 31 heavy (non-hydrogen) atoms. The van der Waals surface area contributed by atoms with E-state index >= 15 is 0 Å². The zero-order valence-corrected chi connectivity index (χ0v) is 18.9. The first-order chi connectivity index (χ1) is 14.6. The molecule has 0 radical (unpaired) electrons. The standard InChI is InChI=1S/C20H25N3O6S2/c1-29-19-7-4-3-6-18(19)21-31(27,28)17-10-8-16(9-11-17)20(24)22-12-5-13-23(15-14-22)30(2,25)26/h3-4,6-11,21H,5,12-15H2,1-2H3. The fraction of sp³-hybridized carbons (Fsp3) is 0.350. The molecule has 1 heterocycles. The van der Waals surface area contributed by atoms with Gasteiger partial charge in [-0.15, -0.1) is 0 Å². The van der Waals surface area contributed by atoms with Crippen molar-refractivity contribution in [2.45, 2.75) is 11.3 Å². The lowest BCUT2D eigenvalue weighted by atomic mass is 10.2. The Bertz CT molecular complexity index is 1150. The lowest BCUT2D eigenvalue weighted by Gasteiger charge is -2.21. The van der Waals surface area contributed by atoms with Gasteiger partial charge in [0.05, 0.1) is 23.9 Å². The molecule has 2 aromatic carbocycles. The van der Waals surface area contributed by atoms with Crippen LogP contribution in [0.1, 0.15) is 16.8 Å². The van der Waals surface area contributed by atoms with E-state index in [0.717, 1.165) is 6.26 Å². The quantitative estimate of drug-likeness (QED) is 0.691. The molecule has 1 aliphatic heterocycles. The Kier molecular flexibility index (Phi) is 6.87. The molecule has 1 amide bonds. The molecular weight excluding hydrogens is 442 g/mol. The van der Waals surface area contributed by atoms with Gasteiger partial charge in [0.2, 0.25) is 10.0 Å². The molecule has 0 atom stereocenters. The Balaban J connectivity index is 1.72. The molecule has 0 spiro atoms. The Morgan fingerprint density at radius 1 is 0.935 bits per heavy atom. The number of sulfonamides is 2. The summed E-state index contributed by atoms with van der Waals surface area (Å²) in [7, 11) is -5.72. The lowest BCUT2D eigenvalue weighted by Crippen LogP contribution is -2.36. The van der Waals surface area contributed by atoms with Crippen molar-refractivity contribution in [2.75, 3.05) is 44.3 Å². The van der Waals surface area contributed by atoms with Crippen molar-refractivity contribution >= 4 is 31.6 Å². The van der Waals surface area contributed by atoms with Crippen LogP contribution >= 0.6 is 0 Å². The van der Waals surface area contributed by atoms with Crippen LogP contribution in [-0.2, 0) is 20.0 Å². The highest BCUT2D eigenvalue weighted by Crippen LogP contribution is 2.26. The van der Waals surface area contributed by atoms with Crippen LogP contribution in [-0.4, -0.2) is 71.5 Å². The van der Waals surface area contributed by atoms with Crippen molar-refractivity contribution in [3.8, 4) is 5.75 Å². The van der Waals surface area contributed by atoms with E-state index in [2.05, 4.69) is 4.72 Å². The van der Waals surface area contributed by atoms with Crippen LogP contribution in [0.3, 0.4) is 0 Å². The number of ether oxygens (including phenoxy) is 1. The summed E-state index contributed by atoms with van der Waals surface area (Å²) in [5.74, 6) is 0.124. The highest BCUT2D eigenvalue weighted by Gasteiger charge is 2.25. The van der Waals surface area contributed by atoms with Crippen LogP contribution < -0.4 is 9.46 Å². The number of hydrogen-bond donors (Lipinski definition) is 1. The number of carbonyl (C=O) groups is 1. The molecular formula is C20H25N3O6S2. The van der Waals surface area contributed by atoms with Crippen molar-refractivity contribution in [1.29, 1.82) is 0 Å². The van der Waals surface area contributed by atoms with Crippen LogP contribution in [0.5, 0.6) is 5.75 Å². The summed E-state index contributed by atoms with van der Waals surface area (Å²) in [6.07, 6.45) is 1.69. The third-order valence-corrected chi connectivity index (χ3v) is 7.66. The summed E-state index contributed by atoms with van der Waals surface area (Å²) in [6.45, 7) is 1.32. The van der Waals surface area contributed by atoms with Crippen LogP contribution in [0, 0.1) is 0 Å².